The van der Waals surface area contributed by atoms with E-state index >= 15 is 0 Å². The standard InChI is InChI=1S/C10H18N4O2/c1-3-13(6-7-16-2)10(15)8-14-5-4-9(11)12-14/h4-5H,3,6-8H2,1-2H3,(H2,11,12). The third kappa shape index (κ3) is 3.54. The molecule has 1 aromatic heterocycles. The van der Waals surface area contributed by atoms with Gasteiger partial charge in [0.25, 0.3) is 0 Å². The van der Waals surface area contributed by atoms with E-state index in [9.17, 15) is 4.79 Å². The van der Waals surface area contributed by atoms with Crippen LogP contribution in [-0.2, 0) is 16.1 Å². The largest absolute Gasteiger partial charge is 0.383 e. The highest BCUT2D eigenvalue weighted by Gasteiger charge is 2.12. The Labute approximate surface area is 95.0 Å². The predicted octanol–water partition coefficient (Wildman–Crippen LogP) is -0.0398. The number of methoxy groups -OCH3 is 1. The molecular weight excluding hydrogens is 208 g/mol. The second kappa shape index (κ2) is 6.12. The Hall–Kier alpha value is -1.56. The highest BCUT2D eigenvalue weighted by Crippen LogP contribution is 1.98. The summed E-state index contributed by atoms with van der Waals surface area (Å²) in [6.07, 6.45) is 1.69. The maximum atomic E-state index is 11.8. The third-order valence-electron chi connectivity index (χ3n) is 2.26. The second-order valence-electron chi connectivity index (χ2n) is 3.40. The van der Waals surface area contributed by atoms with Crippen molar-refractivity contribution in [1.82, 2.24) is 14.7 Å². The third-order valence-corrected chi connectivity index (χ3v) is 2.26. The minimum absolute atomic E-state index is 0.0163. The van der Waals surface area contributed by atoms with Gasteiger partial charge in [-0.3, -0.25) is 9.48 Å². The Bertz CT molecular complexity index is 337. The molecule has 6 nitrogen and oxygen atoms in total. The summed E-state index contributed by atoms with van der Waals surface area (Å²) in [7, 11) is 1.62. The molecular formula is C10H18N4O2. The van der Waals surface area contributed by atoms with Gasteiger partial charge in [0.15, 0.2) is 0 Å². The van der Waals surface area contributed by atoms with Crippen molar-refractivity contribution in [2.24, 2.45) is 0 Å². The molecule has 0 saturated heterocycles. The van der Waals surface area contributed by atoms with Gasteiger partial charge in [-0.2, -0.15) is 5.10 Å². The van der Waals surface area contributed by atoms with Crippen molar-refractivity contribution in [3.63, 3.8) is 0 Å². The number of aromatic nitrogens is 2. The van der Waals surface area contributed by atoms with Crippen molar-refractivity contribution in [3.05, 3.63) is 12.3 Å². The normalized spacial score (nSPS) is 10.4. The highest BCUT2D eigenvalue weighted by atomic mass is 16.5. The molecule has 0 spiro atoms. The van der Waals surface area contributed by atoms with Gasteiger partial charge >= 0.3 is 0 Å². The van der Waals surface area contributed by atoms with Gasteiger partial charge in [0.05, 0.1) is 6.61 Å². The molecule has 0 aliphatic carbocycles. The maximum Gasteiger partial charge on any atom is 0.244 e. The molecule has 0 radical (unpaired) electrons. The number of hydrogen-bond donors (Lipinski definition) is 1. The smallest absolute Gasteiger partial charge is 0.244 e. The van der Waals surface area contributed by atoms with Crippen LogP contribution in [0.5, 0.6) is 0 Å². The lowest BCUT2D eigenvalue weighted by Crippen LogP contribution is -2.36. The molecule has 0 fully saturated rings. The minimum Gasteiger partial charge on any atom is -0.383 e. The number of nitrogen functional groups attached to an aromatic ring is 1. The molecule has 0 unspecified atom stereocenters. The fraction of sp³-hybridized carbons (Fsp3) is 0.600. The predicted molar refractivity (Wildman–Crippen MR) is 60.8 cm³/mol. The second-order valence-corrected chi connectivity index (χ2v) is 3.40. The molecule has 1 rings (SSSR count). The van der Waals surface area contributed by atoms with E-state index in [1.165, 1.54) is 4.68 Å². The zero-order valence-corrected chi connectivity index (χ0v) is 9.72. The first-order valence-electron chi connectivity index (χ1n) is 5.23. The van der Waals surface area contributed by atoms with E-state index in [2.05, 4.69) is 5.10 Å². The van der Waals surface area contributed by atoms with Gasteiger partial charge in [0, 0.05) is 26.4 Å². The van der Waals surface area contributed by atoms with Gasteiger partial charge < -0.3 is 15.4 Å². The van der Waals surface area contributed by atoms with Gasteiger partial charge in [-0.05, 0) is 13.0 Å². The van der Waals surface area contributed by atoms with Crippen LogP contribution in [0.25, 0.3) is 0 Å². The van der Waals surface area contributed by atoms with Crippen LogP contribution in [0.2, 0.25) is 0 Å². The van der Waals surface area contributed by atoms with Crippen LogP contribution in [0.4, 0.5) is 5.82 Å². The first kappa shape index (κ1) is 12.5. The van der Waals surface area contributed by atoms with Gasteiger partial charge in [-0.15, -0.1) is 0 Å². The summed E-state index contributed by atoms with van der Waals surface area (Å²) in [6, 6.07) is 1.67. The molecule has 0 atom stereocenters. The number of rotatable bonds is 6. The van der Waals surface area contributed by atoms with E-state index in [1.807, 2.05) is 6.92 Å². The van der Waals surface area contributed by atoms with E-state index in [0.29, 0.717) is 25.5 Å². The lowest BCUT2D eigenvalue weighted by atomic mass is 10.4. The zero-order chi connectivity index (χ0) is 12.0. The van der Waals surface area contributed by atoms with Gasteiger partial charge in [0.2, 0.25) is 5.91 Å². The van der Waals surface area contributed by atoms with Crippen LogP contribution in [0.3, 0.4) is 0 Å². The van der Waals surface area contributed by atoms with Crippen molar-refractivity contribution in [2.45, 2.75) is 13.5 Å². The summed E-state index contributed by atoms with van der Waals surface area (Å²) < 4.78 is 6.48. The molecule has 6 heteroatoms. The summed E-state index contributed by atoms with van der Waals surface area (Å²) in [5.74, 6) is 0.440. The first-order valence-corrected chi connectivity index (χ1v) is 5.23. The molecule has 1 heterocycles. The average Bonchev–Trinajstić information content (AvgIpc) is 2.65. The van der Waals surface area contributed by atoms with Crippen LogP contribution in [0, 0.1) is 0 Å². The average molecular weight is 226 g/mol. The zero-order valence-electron chi connectivity index (χ0n) is 9.72. The number of anilines is 1. The Kier molecular flexibility index (Phi) is 4.78. The van der Waals surface area contributed by atoms with Gasteiger partial charge in [0.1, 0.15) is 12.4 Å². The van der Waals surface area contributed by atoms with E-state index in [1.54, 1.807) is 24.3 Å². The number of carbonyl (C=O) groups is 1. The fourth-order valence-electron chi connectivity index (χ4n) is 1.36. The van der Waals surface area contributed by atoms with Crippen LogP contribution in [0.15, 0.2) is 12.3 Å². The van der Waals surface area contributed by atoms with E-state index in [4.69, 9.17) is 10.5 Å². The van der Waals surface area contributed by atoms with Crippen molar-refractivity contribution >= 4 is 11.7 Å². The SMILES string of the molecule is CCN(CCOC)C(=O)Cn1ccc(N)n1. The molecule has 0 bridgehead atoms. The van der Waals surface area contributed by atoms with Crippen molar-refractivity contribution in [2.75, 3.05) is 32.5 Å². The topological polar surface area (TPSA) is 73.4 Å². The van der Waals surface area contributed by atoms with E-state index < -0.39 is 0 Å². The number of nitrogens with two attached hydrogens (primary N) is 1. The summed E-state index contributed by atoms with van der Waals surface area (Å²) >= 11 is 0. The Morgan fingerprint density at radius 1 is 1.69 bits per heavy atom. The van der Waals surface area contributed by atoms with Crippen LogP contribution in [0.1, 0.15) is 6.92 Å². The first-order chi connectivity index (χ1) is 7.67. The van der Waals surface area contributed by atoms with Crippen LogP contribution in [-0.4, -0.2) is 47.4 Å². The number of nitrogens with zero attached hydrogens (tertiary/aromatic N) is 3. The van der Waals surface area contributed by atoms with Crippen LogP contribution >= 0.6 is 0 Å². The summed E-state index contributed by atoms with van der Waals surface area (Å²) in [6.45, 7) is 3.96. The minimum atomic E-state index is 0.0163. The molecule has 16 heavy (non-hydrogen) atoms. The van der Waals surface area contributed by atoms with Crippen molar-refractivity contribution in [1.29, 1.82) is 0 Å². The Morgan fingerprint density at radius 3 is 2.94 bits per heavy atom. The number of carbonyl (C=O) groups excluding carboxylic acids is 1. The number of hydrogen-bond acceptors (Lipinski definition) is 4. The van der Waals surface area contributed by atoms with Crippen LogP contribution < -0.4 is 5.73 Å². The summed E-state index contributed by atoms with van der Waals surface area (Å²) in [4.78, 5) is 13.6. The molecule has 2 N–H and O–H groups in total. The lowest BCUT2D eigenvalue weighted by molar-refractivity contribution is -0.132. The number of likely N-dealkylation sites (N-methyl/N-ethyl adjacent to an activating group) is 1. The molecule has 0 aromatic carbocycles. The number of ether oxygens (including phenoxy) is 1. The summed E-state index contributed by atoms with van der Waals surface area (Å²) in [5.41, 5.74) is 5.47. The Morgan fingerprint density at radius 2 is 2.44 bits per heavy atom. The Balaban J connectivity index is 2.49. The summed E-state index contributed by atoms with van der Waals surface area (Å²) in [5, 5.41) is 3.96. The maximum absolute atomic E-state index is 11.8. The van der Waals surface area contributed by atoms with E-state index in [-0.39, 0.29) is 12.5 Å². The van der Waals surface area contributed by atoms with E-state index in [0.717, 1.165) is 0 Å². The molecule has 0 aliphatic heterocycles. The lowest BCUT2D eigenvalue weighted by Gasteiger charge is -2.20. The van der Waals surface area contributed by atoms with Gasteiger partial charge in [-0.1, -0.05) is 0 Å². The molecule has 0 aliphatic rings. The quantitative estimate of drug-likeness (QED) is 0.738. The van der Waals surface area contributed by atoms with Gasteiger partial charge in [-0.25, -0.2) is 0 Å². The molecule has 0 saturated carbocycles. The van der Waals surface area contributed by atoms with Crippen molar-refractivity contribution < 1.29 is 9.53 Å². The molecule has 1 aromatic rings. The fourth-order valence-corrected chi connectivity index (χ4v) is 1.36. The highest BCUT2D eigenvalue weighted by molar-refractivity contribution is 5.75. The monoisotopic (exact) mass is 226 g/mol. The molecule has 90 valence electrons. The van der Waals surface area contributed by atoms with Crippen molar-refractivity contribution in [3.8, 4) is 0 Å². The number of amides is 1. The molecule has 1 amide bonds.